The number of carbonyl (C=O) groups excluding carboxylic acids is 3. The van der Waals surface area contributed by atoms with E-state index >= 15 is 0 Å². The predicted molar refractivity (Wildman–Crippen MR) is 114 cm³/mol. The van der Waals surface area contributed by atoms with Crippen molar-refractivity contribution in [2.45, 2.75) is 19.8 Å². The Bertz CT molecular complexity index is 1110. The van der Waals surface area contributed by atoms with Crippen molar-refractivity contribution in [2.75, 3.05) is 25.8 Å². The fourth-order valence-electron chi connectivity index (χ4n) is 3.57. The number of carbonyl (C=O) groups is 3. The number of ketones is 1. The Morgan fingerprint density at radius 2 is 1.87 bits per heavy atom. The first-order valence-corrected chi connectivity index (χ1v) is 9.89. The molecule has 0 unspecified atom stereocenters. The monoisotopic (exact) mass is 422 g/mol. The highest BCUT2D eigenvalue weighted by Gasteiger charge is 2.29. The van der Waals surface area contributed by atoms with Gasteiger partial charge in [0.25, 0.3) is 5.91 Å². The number of hydrogen-bond acceptors (Lipinski definition) is 7. The van der Waals surface area contributed by atoms with Gasteiger partial charge in [0, 0.05) is 35.3 Å². The van der Waals surface area contributed by atoms with Crippen LogP contribution in [0.15, 0.2) is 36.4 Å². The van der Waals surface area contributed by atoms with Gasteiger partial charge in [-0.25, -0.2) is 0 Å². The minimum atomic E-state index is -0.297. The van der Waals surface area contributed by atoms with Crippen LogP contribution in [0.5, 0.6) is 11.5 Å². The Labute approximate surface area is 179 Å². The van der Waals surface area contributed by atoms with E-state index in [2.05, 4.69) is 15.4 Å². The number of ether oxygens (including phenoxy) is 3. The average molecular weight is 422 g/mol. The van der Waals surface area contributed by atoms with Crippen LogP contribution in [0.3, 0.4) is 0 Å². The van der Waals surface area contributed by atoms with Crippen molar-refractivity contribution in [3.63, 3.8) is 0 Å². The van der Waals surface area contributed by atoms with E-state index in [4.69, 9.17) is 9.47 Å². The molecule has 0 spiro atoms. The van der Waals surface area contributed by atoms with Crippen LogP contribution in [-0.4, -0.2) is 38.1 Å². The van der Waals surface area contributed by atoms with E-state index in [1.54, 1.807) is 30.3 Å². The highest BCUT2D eigenvalue weighted by molar-refractivity contribution is 6.36. The van der Waals surface area contributed by atoms with E-state index in [1.807, 2.05) is 6.07 Å². The van der Waals surface area contributed by atoms with Gasteiger partial charge in [0.1, 0.15) is 0 Å². The van der Waals surface area contributed by atoms with E-state index in [-0.39, 0.29) is 30.9 Å². The molecule has 8 nitrogen and oxygen atoms in total. The smallest absolute Gasteiger partial charge is 0.305 e. The fourth-order valence-corrected chi connectivity index (χ4v) is 3.57. The van der Waals surface area contributed by atoms with Crippen LogP contribution >= 0.6 is 0 Å². The van der Waals surface area contributed by atoms with Gasteiger partial charge in [0.2, 0.25) is 6.79 Å². The summed E-state index contributed by atoms with van der Waals surface area (Å²) in [6.45, 7) is 2.07. The van der Waals surface area contributed by atoms with Gasteiger partial charge in [-0.15, -0.1) is 0 Å². The fraction of sp³-hybridized carbons (Fsp3) is 0.261. The van der Waals surface area contributed by atoms with Crippen molar-refractivity contribution in [1.82, 2.24) is 5.32 Å². The molecule has 2 aromatic carbocycles. The lowest BCUT2D eigenvalue weighted by molar-refractivity contribution is -0.140. The maximum Gasteiger partial charge on any atom is 0.305 e. The summed E-state index contributed by atoms with van der Waals surface area (Å²) >= 11 is 0. The molecule has 2 aliphatic heterocycles. The molecule has 0 aliphatic carbocycles. The molecule has 0 saturated heterocycles. The van der Waals surface area contributed by atoms with Crippen LogP contribution in [0, 0.1) is 0 Å². The van der Waals surface area contributed by atoms with E-state index in [9.17, 15) is 14.4 Å². The molecule has 1 amide bonds. The maximum absolute atomic E-state index is 12.9. The first-order valence-electron chi connectivity index (χ1n) is 9.89. The summed E-state index contributed by atoms with van der Waals surface area (Å²) in [5.74, 6) is 0.562. The number of amides is 1. The molecule has 31 heavy (non-hydrogen) atoms. The Hall–Kier alpha value is -3.81. The van der Waals surface area contributed by atoms with Crippen molar-refractivity contribution in [3.05, 3.63) is 53.1 Å². The summed E-state index contributed by atoms with van der Waals surface area (Å²) in [7, 11) is 1.35. The van der Waals surface area contributed by atoms with Gasteiger partial charge in [-0.1, -0.05) is 0 Å². The third-order valence-corrected chi connectivity index (χ3v) is 5.17. The van der Waals surface area contributed by atoms with Crippen molar-refractivity contribution < 1.29 is 28.6 Å². The lowest BCUT2D eigenvalue weighted by Gasteiger charge is -2.15. The van der Waals surface area contributed by atoms with Crippen LogP contribution in [0.25, 0.3) is 11.3 Å². The van der Waals surface area contributed by atoms with Gasteiger partial charge in [-0.2, -0.15) is 0 Å². The van der Waals surface area contributed by atoms with Gasteiger partial charge in [-0.3, -0.25) is 14.4 Å². The number of nitrogens with one attached hydrogen (secondary N) is 2. The quantitative estimate of drug-likeness (QED) is 0.306. The molecule has 2 heterocycles. The van der Waals surface area contributed by atoms with E-state index in [1.165, 1.54) is 14.0 Å². The van der Waals surface area contributed by atoms with Crippen molar-refractivity contribution >= 4 is 34.6 Å². The standard InChI is InChI=1S/C23H22N2O6/c1-13(26)14-5-7-17-16(10-14)21(23(28)25-17)22(24-9-3-4-20(27)29-2)15-6-8-18-19(11-15)31-12-30-18/h5-8,10-11,24H,3-4,9,12H2,1-2H3,(H,25,28)/b22-21-. The molecule has 0 atom stereocenters. The van der Waals surface area contributed by atoms with Crippen molar-refractivity contribution in [1.29, 1.82) is 0 Å². The molecule has 0 saturated carbocycles. The molecular formula is C23H22N2O6. The lowest BCUT2D eigenvalue weighted by Crippen LogP contribution is -2.19. The zero-order valence-electron chi connectivity index (χ0n) is 17.2. The Morgan fingerprint density at radius 1 is 1.10 bits per heavy atom. The maximum atomic E-state index is 12.9. The van der Waals surface area contributed by atoms with Crippen LogP contribution in [-0.2, 0) is 14.3 Å². The molecule has 2 aliphatic rings. The summed E-state index contributed by atoms with van der Waals surface area (Å²) in [5, 5.41) is 6.15. The molecule has 4 rings (SSSR count). The van der Waals surface area contributed by atoms with E-state index < -0.39 is 0 Å². The number of Topliss-reactive ketones (excluding diaryl/α,β-unsaturated/α-hetero) is 1. The third kappa shape index (κ3) is 4.09. The number of esters is 1. The topological polar surface area (TPSA) is 103 Å². The molecule has 2 N–H and O–H groups in total. The first-order chi connectivity index (χ1) is 15.0. The molecule has 0 fully saturated rings. The van der Waals surface area contributed by atoms with E-state index in [0.29, 0.717) is 52.5 Å². The second kappa shape index (κ2) is 8.51. The first kappa shape index (κ1) is 20.5. The predicted octanol–water partition coefficient (Wildman–Crippen LogP) is 2.98. The van der Waals surface area contributed by atoms with Crippen LogP contribution in [0.1, 0.15) is 41.3 Å². The number of hydrogen-bond donors (Lipinski definition) is 2. The van der Waals surface area contributed by atoms with Gasteiger partial charge in [0.05, 0.1) is 18.4 Å². The number of methoxy groups -OCH3 is 1. The second-order valence-corrected chi connectivity index (χ2v) is 7.20. The summed E-state index contributed by atoms with van der Waals surface area (Å²) in [6.07, 6.45) is 0.778. The molecule has 0 radical (unpaired) electrons. The minimum Gasteiger partial charge on any atom is -0.469 e. The summed E-state index contributed by atoms with van der Waals surface area (Å²) < 4.78 is 15.6. The lowest BCUT2D eigenvalue weighted by atomic mass is 9.97. The molecule has 2 aromatic rings. The number of anilines is 1. The normalized spacial score (nSPS) is 15.2. The van der Waals surface area contributed by atoms with Crippen molar-refractivity contribution in [3.8, 4) is 11.5 Å². The number of fused-ring (bicyclic) bond motifs is 2. The second-order valence-electron chi connectivity index (χ2n) is 7.20. The molecule has 0 bridgehead atoms. The SMILES string of the molecule is COC(=O)CCCN/C(=C1\C(=O)Nc2ccc(C(C)=O)cc21)c1ccc2c(c1)OCO2. The average Bonchev–Trinajstić information content (AvgIpc) is 3.36. The minimum absolute atomic E-state index is 0.0860. The zero-order chi connectivity index (χ0) is 22.0. The number of benzene rings is 2. The Morgan fingerprint density at radius 3 is 2.65 bits per heavy atom. The van der Waals surface area contributed by atoms with Gasteiger partial charge in [-0.05, 0) is 49.7 Å². The van der Waals surface area contributed by atoms with Crippen molar-refractivity contribution in [2.24, 2.45) is 0 Å². The molecule has 160 valence electrons. The van der Waals surface area contributed by atoms with Crippen LogP contribution in [0.2, 0.25) is 0 Å². The van der Waals surface area contributed by atoms with Gasteiger partial charge < -0.3 is 24.8 Å². The van der Waals surface area contributed by atoms with Crippen LogP contribution in [0.4, 0.5) is 5.69 Å². The summed E-state index contributed by atoms with van der Waals surface area (Å²) in [6, 6.07) is 10.6. The molecule has 8 heteroatoms. The Balaban J connectivity index is 1.76. The highest BCUT2D eigenvalue weighted by atomic mass is 16.7. The van der Waals surface area contributed by atoms with Gasteiger partial charge in [0.15, 0.2) is 17.3 Å². The third-order valence-electron chi connectivity index (χ3n) is 5.17. The van der Waals surface area contributed by atoms with Gasteiger partial charge >= 0.3 is 5.97 Å². The number of rotatable bonds is 7. The molecule has 0 aromatic heterocycles. The summed E-state index contributed by atoms with van der Waals surface area (Å²) in [5.41, 5.74) is 3.54. The van der Waals surface area contributed by atoms with E-state index in [0.717, 1.165) is 5.56 Å². The highest BCUT2D eigenvalue weighted by Crippen LogP contribution is 2.39. The summed E-state index contributed by atoms with van der Waals surface area (Å²) in [4.78, 5) is 36.3. The Kier molecular flexibility index (Phi) is 5.62. The van der Waals surface area contributed by atoms with Crippen LogP contribution < -0.4 is 20.1 Å². The largest absolute Gasteiger partial charge is 0.469 e. The zero-order valence-corrected chi connectivity index (χ0v) is 17.2. The molecular weight excluding hydrogens is 400 g/mol.